The van der Waals surface area contributed by atoms with Gasteiger partial charge in [0.25, 0.3) is 0 Å². The van der Waals surface area contributed by atoms with E-state index in [4.69, 9.17) is 5.11 Å². The molecule has 0 saturated heterocycles. The molecule has 0 fully saturated rings. The summed E-state index contributed by atoms with van der Waals surface area (Å²) in [6, 6.07) is 8.39. The molecule has 0 bridgehead atoms. The van der Waals surface area contributed by atoms with E-state index in [2.05, 4.69) is 40.2 Å². The van der Waals surface area contributed by atoms with Gasteiger partial charge in [0.05, 0.1) is 0 Å². The highest BCUT2D eigenvalue weighted by Gasteiger charge is 1.93. The van der Waals surface area contributed by atoms with Crippen molar-refractivity contribution < 1.29 is 5.11 Å². The lowest BCUT2D eigenvalue weighted by Gasteiger charge is -2.00. The van der Waals surface area contributed by atoms with Crippen molar-refractivity contribution in [2.75, 3.05) is 11.9 Å². The highest BCUT2D eigenvalue weighted by atomic mass is 79.9. The van der Waals surface area contributed by atoms with Crippen LogP contribution < -0.4 is 0 Å². The van der Waals surface area contributed by atoms with Gasteiger partial charge in [-0.1, -0.05) is 40.2 Å². The second-order valence-corrected chi connectivity index (χ2v) is 3.52. The zero-order valence-electron chi connectivity index (χ0n) is 6.96. The van der Waals surface area contributed by atoms with Gasteiger partial charge in [0.2, 0.25) is 0 Å². The first kappa shape index (κ1) is 9.75. The maximum Gasteiger partial charge on any atom is 0.0471 e. The van der Waals surface area contributed by atoms with Crippen molar-refractivity contribution >= 4 is 15.9 Å². The van der Waals surface area contributed by atoms with Crippen molar-refractivity contribution in [3.63, 3.8) is 0 Å². The lowest BCUT2D eigenvalue weighted by atomic mass is 10.1. The molecule has 1 rings (SSSR count). The summed E-state index contributed by atoms with van der Waals surface area (Å²) >= 11 is 3.40. The molecule has 0 aromatic heterocycles. The van der Waals surface area contributed by atoms with Crippen LogP contribution >= 0.6 is 15.9 Å². The van der Waals surface area contributed by atoms with Crippen molar-refractivity contribution in [3.8, 4) is 0 Å². The second-order valence-electron chi connectivity index (χ2n) is 2.73. The van der Waals surface area contributed by atoms with Gasteiger partial charge in [-0.3, -0.25) is 0 Å². The molecule has 0 amide bonds. The van der Waals surface area contributed by atoms with E-state index in [0.29, 0.717) is 0 Å². The van der Waals surface area contributed by atoms with Crippen LogP contribution in [-0.2, 0) is 12.8 Å². The first-order valence-electron chi connectivity index (χ1n) is 4.11. The summed E-state index contributed by atoms with van der Waals surface area (Å²) in [6.45, 7) is 0.234. The molecule has 0 spiro atoms. The van der Waals surface area contributed by atoms with E-state index in [9.17, 15) is 0 Å². The second kappa shape index (κ2) is 5.33. The average molecular weight is 229 g/mol. The Bertz CT molecular complexity index is 193. The van der Waals surface area contributed by atoms with Crippen LogP contribution in [0.1, 0.15) is 11.1 Å². The summed E-state index contributed by atoms with van der Waals surface area (Å²) in [5.41, 5.74) is 2.55. The van der Waals surface area contributed by atoms with Crippen LogP contribution in [0.25, 0.3) is 0 Å². The molecule has 0 unspecified atom stereocenters. The maximum absolute atomic E-state index is 8.68. The van der Waals surface area contributed by atoms with E-state index in [0.717, 1.165) is 18.2 Å². The van der Waals surface area contributed by atoms with Crippen molar-refractivity contribution in [1.29, 1.82) is 0 Å². The Labute approximate surface area is 81.6 Å². The molecule has 0 aliphatic carbocycles. The lowest BCUT2D eigenvalue weighted by Crippen LogP contribution is -1.91. The fourth-order valence-electron chi connectivity index (χ4n) is 1.11. The Balaban J connectivity index is 2.58. The summed E-state index contributed by atoms with van der Waals surface area (Å²) in [7, 11) is 0. The van der Waals surface area contributed by atoms with Crippen LogP contribution in [0.15, 0.2) is 24.3 Å². The third-order valence-electron chi connectivity index (χ3n) is 1.81. The molecule has 1 aromatic rings. The Morgan fingerprint density at radius 1 is 1.00 bits per heavy atom. The molecule has 2 heteroatoms. The molecule has 12 heavy (non-hydrogen) atoms. The van der Waals surface area contributed by atoms with E-state index < -0.39 is 0 Å². The minimum atomic E-state index is 0.234. The van der Waals surface area contributed by atoms with Crippen molar-refractivity contribution in [1.82, 2.24) is 0 Å². The molecule has 0 heterocycles. The fourth-order valence-corrected chi connectivity index (χ4v) is 1.57. The number of benzene rings is 1. The average Bonchev–Trinajstić information content (AvgIpc) is 2.09. The quantitative estimate of drug-likeness (QED) is 0.784. The van der Waals surface area contributed by atoms with Crippen LogP contribution in [0.2, 0.25) is 0 Å². The monoisotopic (exact) mass is 228 g/mol. The Morgan fingerprint density at radius 3 is 1.92 bits per heavy atom. The van der Waals surface area contributed by atoms with Crippen LogP contribution in [0.5, 0.6) is 0 Å². The molecule has 0 radical (unpaired) electrons. The van der Waals surface area contributed by atoms with Crippen molar-refractivity contribution in [2.24, 2.45) is 0 Å². The number of hydrogen-bond acceptors (Lipinski definition) is 1. The predicted octanol–water partition coefficient (Wildman–Crippen LogP) is 2.16. The molecule has 0 aliphatic heterocycles. The van der Waals surface area contributed by atoms with Gasteiger partial charge in [0.1, 0.15) is 0 Å². The zero-order valence-corrected chi connectivity index (χ0v) is 8.55. The van der Waals surface area contributed by atoms with E-state index in [1.54, 1.807) is 0 Å². The van der Waals surface area contributed by atoms with Gasteiger partial charge in [-0.25, -0.2) is 0 Å². The lowest BCUT2D eigenvalue weighted by molar-refractivity contribution is 0.299. The Kier molecular flexibility index (Phi) is 4.33. The van der Waals surface area contributed by atoms with E-state index in [1.807, 2.05) is 0 Å². The van der Waals surface area contributed by atoms with Gasteiger partial charge in [0.15, 0.2) is 0 Å². The Morgan fingerprint density at radius 2 is 1.50 bits per heavy atom. The third-order valence-corrected chi connectivity index (χ3v) is 2.20. The number of halogens is 1. The molecule has 1 aromatic carbocycles. The maximum atomic E-state index is 8.68. The molecule has 66 valence electrons. The van der Waals surface area contributed by atoms with Gasteiger partial charge >= 0.3 is 0 Å². The molecule has 1 nitrogen and oxygen atoms in total. The van der Waals surface area contributed by atoms with Crippen LogP contribution in [0.3, 0.4) is 0 Å². The highest BCUT2D eigenvalue weighted by molar-refractivity contribution is 9.09. The molecular weight excluding hydrogens is 216 g/mol. The molecule has 0 saturated carbocycles. The first-order chi connectivity index (χ1) is 5.86. The molecule has 0 atom stereocenters. The topological polar surface area (TPSA) is 20.2 Å². The van der Waals surface area contributed by atoms with Gasteiger partial charge in [-0.15, -0.1) is 0 Å². The minimum absolute atomic E-state index is 0.234. The summed E-state index contributed by atoms with van der Waals surface area (Å²) in [6.07, 6.45) is 1.83. The summed E-state index contributed by atoms with van der Waals surface area (Å²) < 4.78 is 0. The SMILES string of the molecule is OCCc1ccc(CCBr)cc1. The standard InChI is InChI=1S/C10H13BrO/c11-7-5-9-1-3-10(4-2-9)6-8-12/h1-4,12H,5-8H2. The van der Waals surface area contributed by atoms with Crippen molar-refractivity contribution in [2.45, 2.75) is 12.8 Å². The van der Waals surface area contributed by atoms with Crippen LogP contribution in [0, 0.1) is 0 Å². The summed E-state index contributed by atoms with van der Waals surface area (Å²) in [5, 5.41) is 9.69. The number of alkyl halides is 1. The first-order valence-corrected chi connectivity index (χ1v) is 5.23. The zero-order chi connectivity index (χ0) is 8.81. The fraction of sp³-hybridized carbons (Fsp3) is 0.400. The minimum Gasteiger partial charge on any atom is -0.396 e. The smallest absolute Gasteiger partial charge is 0.0471 e. The highest BCUT2D eigenvalue weighted by Crippen LogP contribution is 2.06. The van der Waals surface area contributed by atoms with Gasteiger partial charge < -0.3 is 5.11 Å². The third kappa shape index (κ3) is 2.95. The van der Waals surface area contributed by atoms with E-state index in [1.165, 1.54) is 11.1 Å². The largest absolute Gasteiger partial charge is 0.396 e. The van der Waals surface area contributed by atoms with Gasteiger partial charge in [-0.2, -0.15) is 0 Å². The predicted molar refractivity (Wildman–Crippen MR) is 54.7 cm³/mol. The van der Waals surface area contributed by atoms with Gasteiger partial charge in [0, 0.05) is 11.9 Å². The summed E-state index contributed by atoms with van der Waals surface area (Å²) in [4.78, 5) is 0. The van der Waals surface area contributed by atoms with Gasteiger partial charge in [-0.05, 0) is 24.0 Å². The van der Waals surface area contributed by atoms with E-state index >= 15 is 0 Å². The molecular formula is C10H13BrO. The number of aliphatic hydroxyl groups excluding tert-OH is 1. The number of hydrogen-bond donors (Lipinski definition) is 1. The van der Waals surface area contributed by atoms with Crippen LogP contribution in [-0.4, -0.2) is 17.0 Å². The Hall–Kier alpha value is -0.340. The number of aliphatic hydroxyl groups is 1. The molecule has 0 aliphatic rings. The van der Waals surface area contributed by atoms with Crippen molar-refractivity contribution in [3.05, 3.63) is 35.4 Å². The normalized spacial score (nSPS) is 10.2. The number of aryl methyl sites for hydroxylation is 1. The number of rotatable bonds is 4. The van der Waals surface area contributed by atoms with Crippen LogP contribution in [0.4, 0.5) is 0 Å². The van der Waals surface area contributed by atoms with E-state index in [-0.39, 0.29) is 6.61 Å². The summed E-state index contributed by atoms with van der Waals surface area (Å²) in [5.74, 6) is 0. The molecule has 1 N–H and O–H groups in total.